The maximum absolute atomic E-state index is 11.8. The third kappa shape index (κ3) is 6.00. The quantitative estimate of drug-likeness (QED) is 0.728. The van der Waals surface area contributed by atoms with Gasteiger partial charge >= 0.3 is 5.97 Å². The minimum Gasteiger partial charge on any atom is -0.466 e. The summed E-state index contributed by atoms with van der Waals surface area (Å²) >= 11 is 0. The number of rotatable bonds is 6. The van der Waals surface area contributed by atoms with Gasteiger partial charge in [0.15, 0.2) is 0 Å². The molecule has 0 aromatic carbocycles. The van der Waals surface area contributed by atoms with E-state index in [1.165, 1.54) is 0 Å². The van der Waals surface area contributed by atoms with Gasteiger partial charge in [0, 0.05) is 25.7 Å². The van der Waals surface area contributed by atoms with Crippen LogP contribution in [0.1, 0.15) is 39.5 Å². The van der Waals surface area contributed by atoms with Crippen LogP contribution in [0, 0.1) is 5.92 Å². The third-order valence-corrected chi connectivity index (χ3v) is 3.00. The second-order valence-corrected chi connectivity index (χ2v) is 4.74. The van der Waals surface area contributed by atoms with E-state index in [9.17, 15) is 9.59 Å². The second-order valence-electron chi connectivity index (χ2n) is 4.74. The first-order chi connectivity index (χ1) is 8.61. The van der Waals surface area contributed by atoms with E-state index in [0.29, 0.717) is 18.9 Å². The van der Waals surface area contributed by atoms with Gasteiger partial charge in [0.2, 0.25) is 5.91 Å². The van der Waals surface area contributed by atoms with Crippen molar-refractivity contribution >= 4 is 11.9 Å². The van der Waals surface area contributed by atoms with E-state index in [1.807, 2.05) is 6.92 Å². The first-order valence-corrected chi connectivity index (χ1v) is 6.64. The molecule has 0 aromatic rings. The van der Waals surface area contributed by atoms with Crippen molar-refractivity contribution < 1.29 is 19.1 Å². The van der Waals surface area contributed by atoms with Gasteiger partial charge in [-0.1, -0.05) is 0 Å². The van der Waals surface area contributed by atoms with Crippen LogP contribution in [-0.2, 0) is 19.1 Å². The number of ether oxygens (including phenoxy) is 2. The zero-order chi connectivity index (χ0) is 13.4. The molecule has 1 N–H and O–H groups in total. The summed E-state index contributed by atoms with van der Waals surface area (Å²) in [5, 5.41) is 2.84. The molecule has 0 spiro atoms. The van der Waals surface area contributed by atoms with Gasteiger partial charge in [-0.25, -0.2) is 0 Å². The summed E-state index contributed by atoms with van der Waals surface area (Å²) in [6, 6.07) is -0.170. The van der Waals surface area contributed by atoms with Crippen molar-refractivity contribution in [3.8, 4) is 0 Å². The Labute approximate surface area is 108 Å². The highest BCUT2D eigenvalue weighted by Gasteiger charge is 2.19. The minimum atomic E-state index is -0.267. The molecule has 1 saturated heterocycles. The standard InChI is InChI=1S/C13H23NO4/c1-3-18-13(16)8-10(2)14-12(15)9-11-4-6-17-7-5-11/h10-11H,3-9H2,1-2H3,(H,14,15)/t10-/m1/s1. The average Bonchev–Trinajstić information content (AvgIpc) is 2.29. The van der Waals surface area contributed by atoms with Crippen molar-refractivity contribution in [2.75, 3.05) is 19.8 Å². The highest BCUT2D eigenvalue weighted by atomic mass is 16.5. The molecular weight excluding hydrogens is 234 g/mol. The third-order valence-electron chi connectivity index (χ3n) is 3.00. The van der Waals surface area contributed by atoms with Crippen LogP contribution in [0.3, 0.4) is 0 Å². The Hall–Kier alpha value is -1.10. The van der Waals surface area contributed by atoms with E-state index in [-0.39, 0.29) is 24.3 Å². The molecule has 5 heteroatoms. The SMILES string of the molecule is CCOC(=O)C[C@@H](C)NC(=O)CC1CCOCC1. The van der Waals surface area contributed by atoms with Gasteiger partial charge in [-0.3, -0.25) is 9.59 Å². The Morgan fingerprint density at radius 2 is 2.06 bits per heavy atom. The van der Waals surface area contributed by atoms with Gasteiger partial charge < -0.3 is 14.8 Å². The summed E-state index contributed by atoms with van der Waals surface area (Å²) in [4.78, 5) is 23.0. The fraction of sp³-hybridized carbons (Fsp3) is 0.846. The van der Waals surface area contributed by atoms with E-state index < -0.39 is 0 Å². The van der Waals surface area contributed by atoms with Crippen molar-refractivity contribution in [3.05, 3.63) is 0 Å². The molecular formula is C13H23NO4. The first-order valence-electron chi connectivity index (χ1n) is 6.64. The van der Waals surface area contributed by atoms with Crippen LogP contribution < -0.4 is 5.32 Å². The van der Waals surface area contributed by atoms with Crippen LogP contribution in [0.2, 0.25) is 0 Å². The Balaban J connectivity index is 2.19. The minimum absolute atomic E-state index is 0.0127. The molecule has 1 aliphatic heterocycles. The maximum Gasteiger partial charge on any atom is 0.307 e. The van der Waals surface area contributed by atoms with Gasteiger partial charge in [0.05, 0.1) is 13.0 Å². The smallest absolute Gasteiger partial charge is 0.307 e. The fourth-order valence-corrected chi connectivity index (χ4v) is 2.07. The predicted molar refractivity (Wildman–Crippen MR) is 67.0 cm³/mol. The van der Waals surface area contributed by atoms with E-state index in [2.05, 4.69) is 5.32 Å². The maximum atomic E-state index is 11.8. The summed E-state index contributed by atoms with van der Waals surface area (Å²) in [7, 11) is 0. The monoisotopic (exact) mass is 257 g/mol. The molecule has 0 aliphatic carbocycles. The zero-order valence-corrected chi connectivity index (χ0v) is 11.2. The Kier molecular flexibility index (Phi) is 6.72. The van der Waals surface area contributed by atoms with E-state index in [4.69, 9.17) is 9.47 Å². The topological polar surface area (TPSA) is 64.6 Å². The van der Waals surface area contributed by atoms with Crippen LogP contribution in [0.5, 0.6) is 0 Å². The largest absolute Gasteiger partial charge is 0.466 e. The summed E-state index contributed by atoms with van der Waals surface area (Å²) in [5.74, 6) is 0.156. The molecule has 5 nitrogen and oxygen atoms in total. The average molecular weight is 257 g/mol. The lowest BCUT2D eigenvalue weighted by atomic mass is 9.96. The van der Waals surface area contributed by atoms with Crippen LogP contribution >= 0.6 is 0 Å². The Morgan fingerprint density at radius 3 is 2.67 bits per heavy atom. The number of carbonyl (C=O) groups excluding carboxylic acids is 2. The van der Waals surface area contributed by atoms with Crippen molar-refractivity contribution in [2.45, 2.75) is 45.6 Å². The predicted octanol–water partition coefficient (Wildman–Crippen LogP) is 1.26. The Bertz CT molecular complexity index is 274. The molecule has 1 amide bonds. The molecule has 1 aliphatic rings. The van der Waals surface area contributed by atoms with Crippen LogP contribution in [0.25, 0.3) is 0 Å². The summed E-state index contributed by atoms with van der Waals surface area (Å²) in [6.45, 7) is 5.46. The molecule has 0 saturated carbocycles. The van der Waals surface area contributed by atoms with Gasteiger partial charge in [0.1, 0.15) is 0 Å². The van der Waals surface area contributed by atoms with E-state index in [1.54, 1.807) is 6.92 Å². The number of amides is 1. The van der Waals surface area contributed by atoms with Crippen LogP contribution in [0.15, 0.2) is 0 Å². The number of hydrogen-bond acceptors (Lipinski definition) is 4. The van der Waals surface area contributed by atoms with Gasteiger partial charge in [-0.2, -0.15) is 0 Å². The van der Waals surface area contributed by atoms with Crippen molar-refractivity contribution in [1.29, 1.82) is 0 Å². The van der Waals surface area contributed by atoms with Crippen molar-refractivity contribution in [1.82, 2.24) is 5.32 Å². The lowest BCUT2D eigenvalue weighted by Crippen LogP contribution is -2.36. The van der Waals surface area contributed by atoms with Gasteiger partial charge in [0.25, 0.3) is 0 Å². The second kappa shape index (κ2) is 8.08. The van der Waals surface area contributed by atoms with Crippen molar-refractivity contribution in [3.63, 3.8) is 0 Å². The van der Waals surface area contributed by atoms with Crippen LogP contribution in [-0.4, -0.2) is 37.7 Å². The number of carbonyl (C=O) groups is 2. The summed E-state index contributed by atoms with van der Waals surface area (Å²) < 4.78 is 10.1. The fourth-order valence-electron chi connectivity index (χ4n) is 2.07. The molecule has 18 heavy (non-hydrogen) atoms. The Morgan fingerprint density at radius 1 is 1.39 bits per heavy atom. The molecule has 0 unspecified atom stereocenters. The van der Waals surface area contributed by atoms with E-state index >= 15 is 0 Å². The molecule has 0 radical (unpaired) electrons. The lowest BCUT2D eigenvalue weighted by molar-refractivity contribution is -0.143. The molecule has 1 atom stereocenters. The molecule has 1 fully saturated rings. The number of nitrogens with one attached hydrogen (secondary N) is 1. The highest BCUT2D eigenvalue weighted by Crippen LogP contribution is 2.18. The summed E-state index contributed by atoms with van der Waals surface area (Å²) in [6.07, 6.45) is 2.64. The highest BCUT2D eigenvalue weighted by molar-refractivity contribution is 5.77. The molecule has 1 heterocycles. The zero-order valence-electron chi connectivity index (χ0n) is 11.2. The first kappa shape index (κ1) is 15.0. The molecule has 1 rings (SSSR count). The number of hydrogen-bond donors (Lipinski definition) is 1. The van der Waals surface area contributed by atoms with E-state index in [0.717, 1.165) is 26.1 Å². The molecule has 104 valence electrons. The van der Waals surface area contributed by atoms with Crippen LogP contribution in [0.4, 0.5) is 0 Å². The lowest BCUT2D eigenvalue weighted by Gasteiger charge is -2.22. The molecule has 0 aromatic heterocycles. The van der Waals surface area contributed by atoms with Crippen molar-refractivity contribution in [2.24, 2.45) is 5.92 Å². The summed E-state index contributed by atoms with van der Waals surface area (Å²) in [5.41, 5.74) is 0. The van der Waals surface area contributed by atoms with Gasteiger partial charge in [-0.15, -0.1) is 0 Å². The number of esters is 1. The van der Waals surface area contributed by atoms with Gasteiger partial charge in [-0.05, 0) is 32.6 Å². The normalized spacial score (nSPS) is 18.1. The molecule has 0 bridgehead atoms.